The van der Waals surface area contributed by atoms with Crippen LogP contribution in [0.2, 0.25) is 0 Å². The van der Waals surface area contributed by atoms with E-state index in [1.54, 1.807) is 118 Å². The Hall–Kier alpha value is -4.84. The van der Waals surface area contributed by atoms with Crippen molar-refractivity contribution in [2.45, 2.75) is 38.0 Å². The molecule has 0 aromatic heterocycles. The van der Waals surface area contributed by atoms with E-state index in [9.17, 15) is 29.4 Å². The van der Waals surface area contributed by atoms with E-state index in [4.69, 9.17) is 0 Å². The van der Waals surface area contributed by atoms with Crippen LogP contribution in [0, 0.1) is 5.92 Å². The summed E-state index contributed by atoms with van der Waals surface area (Å²) < 4.78 is 0. The van der Waals surface area contributed by atoms with Gasteiger partial charge in [0, 0.05) is 22.3 Å². The van der Waals surface area contributed by atoms with Gasteiger partial charge in [0.15, 0.2) is 11.6 Å². The van der Waals surface area contributed by atoms with Crippen molar-refractivity contribution in [3.05, 3.63) is 143 Å². The summed E-state index contributed by atoms with van der Waals surface area (Å²) in [5.41, 5.74) is -0.541. The molecule has 0 saturated heterocycles. The third-order valence-electron chi connectivity index (χ3n) is 8.17. The molecule has 4 aromatic rings. The van der Waals surface area contributed by atoms with E-state index in [1.165, 1.54) is 0 Å². The quantitative estimate of drug-likeness (QED) is 0.206. The lowest BCUT2D eigenvalue weighted by Crippen LogP contribution is -2.44. The van der Waals surface area contributed by atoms with Crippen LogP contribution in [-0.4, -0.2) is 33.7 Å². The van der Waals surface area contributed by atoms with Crippen LogP contribution < -0.4 is 0 Å². The molecule has 0 saturated carbocycles. The normalized spacial score (nSPS) is 14.7. The van der Waals surface area contributed by atoms with Gasteiger partial charge in [0.2, 0.25) is 0 Å². The number of aliphatic carboxylic acids is 2. The predicted octanol–water partition coefficient (Wildman–Crippen LogP) is 6.56. The van der Waals surface area contributed by atoms with Gasteiger partial charge in [-0.1, -0.05) is 104 Å². The lowest BCUT2D eigenvalue weighted by molar-refractivity contribution is -0.149. The monoisotopic (exact) mass is 548 g/mol. The zero-order valence-corrected chi connectivity index (χ0v) is 23.2. The van der Waals surface area contributed by atoms with Gasteiger partial charge in [-0.15, -0.1) is 0 Å². The van der Waals surface area contributed by atoms with Gasteiger partial charge in [-0.3, -0.25) is 19.2 Å². The highest BCUT2D eigenvalue weighted by Crippen LogP contribution is 2.42. The number of benzene rings is 4. The number of hydrogen-bond acceptors (Lipinski definition) is 4. The maximum Gasteiger partial charge on any atom is 0.314 e. The second-order valence-corrected chi connectivity index (χ2v) is 10.8. The van der Waals surface area contributed by atoms with Gasteiger partial charge in [-0.05, 0) is 49.4 Å². The second-order valence-electron chi connectivity index (χ2n) is 10.8. The van der Waals surface area contributed by atoms with Crippen LogP contribution in [0.1, 0.15) is 70.2 Å². The minimum absolute atomic E-state index is 0.0367. The van der Waals surface area contributed by atoms with Crippen LogP contribution in [-0.2, 0) is 20.4 Å². The van der Waals surface area contributed by atoms with Crippen LogP contribution in [0.15, 0.2) is 109 Å². The Kier molecular flexibility index (Phi) is 8.33. The summed E-state index contributed by atoms with van der Waals surface area (Å²) in [4.78, 5) is 51.8. The topological polar surface area (TPSA) is 109 Å². The summed E-state index contributed by atoms with van der Waals surface area (Å²) in [7, 11) is 0. The molecule has 3 atom stereocenters. The molecule has 41 heavy (non-hydrogen) atoms. The van der Waals surface area contributed by atoms with E-state index in [2.05, 4.69) is 0 Å². The van der Waals surface area contributed by atoms with E-state index >= 15 is 0 Å². The van der Waals surface area contributed by atoms with Crippen LogP contribution in [0.3, 0.4) is 0 Å². The van der Waals surface area contributed by atoms with Gasteiger partial charge in [-0.2, -0.15) is 0 Å². The third-order valence-corrected chi connectivity index (χ3v) is 8.17. The van der Waals surface area contributed by atoms with E-state index in [-0.39, 0.29) is 18.0 Å². The zero-order valence-electron chi connectivity index (χ0n) is 23.2. The zero-order chi connectivity index (χ0) is 29.8. The highest BCUT2D eigenvalue weighted by Gasteiger charge is 2.47. The smallest absolute Gasteiger partial charge is 0.314 e. The molecule has 0 heterocycles. The lowest BCUT2D eigenvalue weighted by atomic mass is 9.64. The van der Waals surface area contributed by atoms with Gasteiger partial charge in [0.05, 0.1) is 10.8 Å². The maximum atomic E-state index is 13.1. The number of carboxylic acids is 2. The predicted molar refractivity (Wildman–Crippen MR) is 156 cm³/mol. The van der Waals surface area contributed by atoms with Crippen LogP contribution in [0.25, 0.3) is 0 Å². The minimum atomic E-state index is -1.51. The van der Waals surface area contributed by atoms with Crippen LogP contribution >= 0.6 is 0 Å². The molecule has 0 radical (unpaired) electrons. The Morgan fingerprint density at radius 3 is 1.44 bits per heavy atom. The summed E-state index contributed by atoms with van der Waals surface area (Å²) in [5.74, 6) is -3.41. The first kappa shape index (κ1) is 29.2. The SMILES string of the molecule is CC(CC(C)(C(=O)O)c1cccc(C(=O)c2ccccc2)c1)C(C)(C(=O)O)c1cccc(C(=O)c2ccccc2)c1. The number of hydrogen-bond donors (Lipinski definition) is 2. The third kappa shape index (κ3) is 5.73. The molecule has 6 nitrogen and oxygen atoms in total. The Bertz CT molecular complexity index is 1590. The molecule has 0 amide bonds. The highest BCUT2D eigenvalue weighted by molar-refractivity contribution is 6.09. The van der Waals surface area contributed by atoms with Crippen molar-refractivity contribution in [3.8, 4) is 0 Å². The number of carbonyl (C=O) groups excluding carboxylic acids is 2. The van der Waals surface area contributed by atoms with Crippen molar-refractivity contribution in [2.24, 2.45) is 5.92 Å². The highest BCUT2D eigenvalue weighted by atomic mass is 16.4. The largest absolute Gasteiger partial charge is 0.481 e. The molecule has 0 aliphatic heterocycles. The number of carboxylic acid groups (broad SMARTS) is 2. The molecule has 0 spiro atoms. The summed E-state index contributed by atoms with van der Waals surface area (Å²) in [5, 5.41) is 20.9. The van der Waals surface area contributed by atoms with Crippen molar-refractivity contribution in [1.82, 2.24) is 0 Å². The molecular formula is C35H32O6. The molecule has 0 fully saturated rings. The minimum Gasteiger partial charge on any atom is -0.481 e. The second kappa shape index (κ2) is 11.7. The molecule has 0 aliphatic carbocycles. The number of carbonyl (C=O) groups is 4. The maximum absolute atomic E-state index is 13.1. The Morgan fingerprint density at radius 2 is 1.00 bits per heavy atom. The van der Waals surface area contributed by atoms with Gasteiger partial charge >= 0.3 is 11.9 Å². The number of ketones is 2. The summed E-state index contributed by atoms with van der Waals surface area (Å²) in [6.07, 6.45) is -0.0367. The van der Waals surface area contributed by atoms with E-state index in [1.807, 2.05) is 12.1 Å². The summed E-state index contributed by atoms with van der Waals surface area (Å²) in [6.45, 7) is 4.82. The molecule has 0 bridgehead atoms. The average Bonchev–Trinajstić information content (AvgIpc) is 3.00. The van der Waals surface area contributed by atoms with Gasteiger partial charge in [0.1, 0.15) is 0 Å². The Labute approximate surface area is 239 Å². The Balaban J connectivity index is 1.70. The van der Waals surface area contributed by atoms with Crippen LogP contribution in [0.5, 0.6) is 0 Å². The Morgan fingerprint density at radius 1 is 0.585 bits per heavy atom. The van der Waals surface area contributed by atoms with Crippen molar-refractivity contribution < 1.29 is 29.4 Å². The van der Waals surface area contributed by atoms with Crippen LogP contribution in [0.4, 0.5) is 0 Å². The standard InChI is InChI=1S/C35H32O6/c1-23(35(3,33(40)41)29-19-11-17-27(21-29)31(37)25-14-8-5-9-15-25)22-34(2,32(38)39)28-18-10-16-26(20-28)30(36)24-12-6-4-7-13-24/h4-21,23H,22H2,1-3H3,(H,38,39)(H,40,41). The van der Waals surface area contributed by atoms with Gasteiger partial charge in [0.25, 0.3) is 0 Å². The molecule has 2 N–H and O–H groups in total. The first-order valence-corrected chi connectivity index (χ1v) is 13.4. The lowest BCUT2D eigenvalue weighted by Gasteiger charge is -2.37. The molecule has 0 aliphatic rings. The van der Waals surface area contributed by atoms with Crippen molar-refractivity contribution in [3.63, 3.8) is 0 Å². The van der Waals surface area contributed by atoms with E-state index in [0.717, 1.165) is 0 Å². The first-order valence-electron chi connectivity index (χ1n) is 13.4. The molecule has 3 unspecified atom stereocenters. The summed E-state index contributed by atoms with van der Waals surface area (Å²) >= 11 is 0. The van der Waals surface area contributed by atoms with Gasteiger partial charge in [-0.25, -0.2) is 0 Å². The van der Waals surface area contributed by atoms with Crippen molar-refractivity contribution in [1.29, 1.82) is 0 Å². The fourth-order valence-corrected chi connectivity index (χ4v) is 5.26. The number of rotatable bonds is 11. The fourth-order valence-electron chi connectivity index (χ4n) is 5.26. The van der Waals surface area contributed by atoms with Gasteiger partial charge < -0.3 is 10.2 Å². The summed E-state index contributed by atoms with van der Waals surface area (Å²) in [6, 6.07) is 30.5. The molecule has 4 aromatic carbocycles. The first-order chi connectivity index (χ1) is 19.5. The fraction of sp³-hybridized carbons (Fsp3) is 0.200. The molecular weight excluding hydrogens is 516 g/mol. The molecule has 6 heteroatoms. The van der Waals surface area contributed by atoms with E-state index in [0.29, 0.717) is 33.4 Å². The molecule has 4 rings (SSSR count). The van der Waals surface area contributed by atoms with Crippen molar-refractivity contribution in [2.75, 3.05) is 0 Å². The molecule has 208 valence electrons. The average molecular weight is 549 g/mol. The van der Waals surface area contributed by atoms with Crippen molar-refractivity contribution >= 4 is 23.5 Å². The van der Waals surface area contributed by atoms with E-state index < -0.39 is 28.7 Å².